The molecule has 0 bridgehead atoms. The lowest BCUT2D eigenvalue weighted by Crippen LogP contribution is -2.57. The van der Waals surface area contributed by atoms with Crippen molar-refractivity contribution in [3.8, 4) is 0 Å². The number of rotatable bonds is 2. The van der Waals surface area contributed by atoms with Crippen LogP contribution < -0.4 is 5.73 Å². The predicted molar refractivity (Wildman–Crippen MR) is 83.2 cm³/mol. The summed E-state index contributed by atoms with van der Waals surface area (Å²) in [7, 11) is 0. The normalized spacial score (nSPS) is 40.9. The van der Waals surface area contributed by atoms with Gasteiger partial charge in [-0.25, -0.2) is 0 Å². The molecule has 0 amide bonds. The van der Waals surface area contributed by atoms with Crippen LogP contribution in [0.25, 0.3) is 0 Å². The van der Waals surface area contributed by atoms with Gasteiger partial charge < -0.3 is 5.73 Å². The average Bonchev–Trinajstić information content (AvgIpc) is 2.54. The van der Waals surface area contributed by atoms with Crippen molar-refractivity contribution in [1.82, 2.24) is 4.90 Å². The maximum atomic E-state index is 6.25. The molecule has 3 unspecified atom stereocenters. The van der Waals surface area contributed by atoms with Gasteiger partial charge in [0.15, 0.2) is 0 Å². The maximum Gasteiger partial charge on any atom is 0.0334 e. The Hall–Kier alpha value is -0.0800. The Morgan fingerprint density at radius 2 is 1.79 bits per heavy atom. The molecular weight excluding hydrogens is 232 g/mol. The Kier molecular flexibility index (Phi) is 4.62. The summed E-state index contributed by atoms with van der Waals surface area (Å²) in [5.74, 6) is 1.71. The van der Waals surface area contributed by atoms with Gasteiger partial charge >= 0.3 is 0 Å². The lowest BCUT2D eigenvalue weighted by Gasteiger charge is -2.49. The summed E-state index contributed by atoms with van der Waals surface area (Å²) in [4.78, 5) is 2.77. The van der Waals surface area contributed by atoms with Crippen LogP contribution >= 0.6 is 0 Å². The van der Waals surface area contributed by atoms with Crippen LogP contribution in [0.15, 0.2) is 0 Å². The molecule has 2 nitrogen and oxygen atoms in total. The van der Waals surface area contributed by atoms with Crippen molar-refractivity contribution in [2.45, 2.75) is 71.8 Å². The van der Waals surface area contributed by atoms with E-state index in [4.69, 9.17) is 5.73 Å². The molecule has 0 aromatic rings. The standard InChI is InChI=1S/C17H34N2/c1-14-6-8-17(13-18,12-15(14)2)19-10-5-7-16(3,4)9-11-19/h14-15H,5-13,18H2,1-4H3. The third-order valence-electron chi connectivity index (χ3n) is 6.13. The molecule has 0 aromatic carbocycles. The maximum absolute atomic E-state index is 6.25. The monoisotopic (exact) mass is 266 g/mol. The second-order valence-corrected chi connectivity index (χ2v) is 8.13. The average molecular weight is 266 g/mol. The molecule has 19 heavy (non-hydrogen) atoms. The van der Waals surface area contributed by atoms with E-state index in [1.165, 1.54) is 51.6 Å². The highest BCUT2D eigenvalue weighted by molar-refractivity contribution is 4.98. The van der Waals surface area contributed by atoms with Gasteiger partial charge in [-0.1, -0.05) is 27.7 Å². The first-order valence-corrected chi connectivity index (χ1v) is 8.34. The van der Waals surface area contributed by atoms with E-state index in [-0.39, 0.29) is 0 Å². The quantitative estimate of drug-likeness (QED) is 0.826. The second kappa shape index (κ2) is 5.73. The first kappa shape index (κ1) is 15.3. The van der Waals surface area contributed by atoms with Gasteiger partial charge in [0.2, 0.25) is 0 Å². The lowest BCUT2D eigenvalue weighted by molar-refractivity contribution is 0.0218. The van der Waals surface area contributed by atoms with E-state index >= 15 is 0 Å². The van der Waals surface area contributed by atoms with Gasteiger partial charge in [-0.3, -0.25) is 4.90 Å². The van der Waals surface area contributed by atoms with Crippen molar-refractivity contribution in [3.05, 3.63) is 0 Å². The fourth-order valence-corrected chi connectivity index (χ4v) is 4.18. The molecule has 1 heterocycles. The zero-order valence-corrected chi connectivity index (χ0v) is 13.5. The number of hydrogen-bond acceptors (Lipinski definition) is 2. The van der Waals surface area contributed by atoms with Crippen molar-refractivity contribution in [1.29, 1.82) is 0 Å². The molecular formula is C17H34N2. The van der Waals surface area contributed by atoms with E-state index in [0.717, 1.165) is 18.4 Å². The van der Waals surface area contributed by atoms with Crippen molar-refractivity contribution in [2.75, 3.05) is 19.6 Å². The minimum absolute atomic E-state index is 0.312. The van der Waals surface area contributed by atoms with E-state index in [2.05, 4.69) is 32.6 Å². The van der Waals surface area contributed by atoms with E-state index in [1.54, 1.807) is 0 Å². The van der Waals surface area contributed by atoms with E-state index in [0.29, 0.717) is 11.0 Å². The molecule has 1 saturated carbocycles. The molecule has 2 N–H and O–H groups in total. The summed E-state index contributed by atoms with van der Waals surface area (Å²) >= 11 is 0. The Morgan fingerprint density at radius 1 is 1.05 bits per heavy atom. The molecule has 2 fully saturated rings. The Bertz CT molecular complexity index is 300. The molecule has 112 valence electrons. The molecule has 3 atom stereocenters. The van der Waals surface area contributed by atoms with Gasteiger partial charge in [-0.2, -0.15) is 0 Å². The van der Waals surface area contributed by atoms with Crippen molar-refractivity contribution in [2.24, 2.45) is 23.0 Å². The zero-order valence-electron chi connectivity index (χ0n) is 13.5. The summed E-state index contributed by atoms with van der Waals surface area (Å²) in [6.45, 7) is 13.1. The third-order valence-corrected chi connectivity index (χ3v) is 6.13. The fourth-order valence-electron chi connectivity index (χ4n) is 4.18. The van der Waals surface area contributed by atoms with Gasteiger partial charge in [-0.15, -0.1) is 0 Å². The number of hydrogen-bond donors (Lipinski definition) is 1. The summed E-state index contributed by atoms with van der Waals surface area (Å²) in [5, 5.41) is 0. The first-order chi connectivity index (χ1) is 8.88. The van der Waals surface area contributed by atoms with Gasteiger partial charge in [-0.05, 0) is 68.9 Å². The Balaban J connectivity index is 2.08. The van der Waals surface area contributed by atoms with Crippen LogP contribution in [0, 0.1) is 17.3 Å². The summed E-state index contributed by atoms with van der Waals surface area (Å²) in [5.41, 5.74) is 7.09. The van der Waals surface area contributed by atoms with Gasteiger partial charge in [0, 0.05) is 12.1 Å². The van der Waals surface area contributed by atoms with Crippen molar-refractivity contribution >= 4 is 0 Å². The number of nitrogens with zero attached hydrogens (tertiary/aromatic N) is 1. The summed E-state index contributed by atoms with van der Waals surface area (Å²) in [6.07, 6.45) is 8.03. The van der Waals surface area contributed by atoms with Crippen LogP contribution in [0.3, 0.4) is 0 Å². The van der Waals surface area contributed by atoms with Crippen molar-refractivity contribution in [3.63, 3.8) is 0 Å². The molecule has 0 spiro atoms. The smallest absolute Gasteiger partial charge is 0.0334 e. The van der Waals surface area contributed by atoms with E-state index in [1.807, 2.05) is 0 Å². The minimum Gasteiger partial charge on any atom is -0.329 e. The molecule has 1 aliphatic carbocycles. The van der Waals surface area contributed by atoms with Crippen LogP contribution in [-0.2, 0) is 0 Å². The van der Waals surface area contributed by atoms with E-state index < -0.39 is 0 Å². The minimum atomic E-state index is 0.312. The van der Waals surface area contributed by atoms with Crippen LogP contribution in [0.2, 0.25) is 0 Å². The zero-order chi connectivity index (χ0) is 14.1. The Labute approximate surface area is 120 Å². The van der Waals surface area contributed by atoms with Gasteiger partial charge in [0.05, 0.1) is 0 Å². The van der Waals surface area contributed by atoms with Gasteiger partial charge in [0.1, 0.15) is 0 Å². The molecule has 1 saturated heterocycles. The van der Waals surface area contributed by atoms with E-state index in [9.17, 15) is 0 Å². The number of likely N-dealkylation sites (tertiary alicyclic amines) is 1. The molecule has 2 aliphatic rings. The highest BCUT2D eigenvalue weighted by atomic mass is 15.2. The molecule has 2 heteroatoms. The molecule has 0 aromatic heterocycles. The largest absolute Gasteiger partial charge is 0.329 e. The predicted octanol–water partition coefficient (Wildman–Crippen LogP) is 3.65. The van der Waals surface area contributed by atoms with Gasteiger partial charge in [0.25, 0.3) is 0 Å². The Morgan fingerprint density at radius 3 is 2.42 bits per heavy atom. The van der Waals surface area contributed by atoms with Crippen LogP contribution in [0.5, 0.6) is 0 Å². The summed E-state index contributed by atoms with van der Waals surface area (Å²) in [6, 6.07) is 0. The topological polar surface area (TPSA) is 29.3 Å². The van der Waals surface area contributed by atoms with Crippen molar-refractivity contribution < 1.29 is 0 Å². The van der Waals surface area contributed by atoms with Crippen LogP contribution in [0.4, 0.5) is 0 Å². The lowest BCUT2D eigenvalue weighted by atomic mass is 9.70. The first-order valence-electron chi connectivity index (χ1n) is 8.34. The number of nitrogens with two attached hydrogens (primary N) is 1. The van der Waals surface area contributed by atoms with Crippen LogP contribution in [-0.4, -0.2) is 30.1 Å². The second-order valence-electron chi connectivity index (χ2n) is 8.13. The SMILES string of the molecule is CC1CCC(CN)(N2CCCC(C)(C)CC2)CC1C. The fraction of sp³-hybridized carbons (Fsp3) is 1.00. The van der Waals surface area contributed by atoms with Crippen LogP contribution in [0.1, 0.15) is 66.2 Å². The summed E-state index contributed by atoms with van der Waals surface area (Å²) < 4.78 is 0. The highest BCUT2D eigenvalue weighted by Crippen LogP contribution is 2.41. The third kappa shape index (κ3) is 3.33. The molecule has 1 aliphatic heterocycles. The highest BCUT2D eigenvalue weighted by Gasteiger charge is 2.42. The molecule has 2 rings (SSSR count). The molecule has 0 radical (unpaired) electrons.